The standard InChI is InChI=1S/C15H20N2O3/c1-10(12-5-6-12)8-16-15(20)17-9-11-3-2-4-13(7-11)14(18)19/h2-4,7,10,12H,5-6,8-9H2,1H3,(H,18,19)(H2,16,17,20). The van der Waals surface area contributed by atoms with Crippen molar-refractivity contribution in [3.8, 4) is 0 Å². The molecule has 2 rings (SSSR count). The van der Waals surface area contributed by atoms with Gasteiger partial charge in [0.25, 0.3) is 0 Å². The minimum atomic E-state index is -0.963. The molecule has 0 radical (unpaired) electrons. The molecule has 0 aromatic heterocycles. The van der Waals surface area contributed by atoms with Crippen molar-refractivity contribution in [2.45, 2.75) is 26.3 Å². The lowest BCUT2D eigenvalue weighted by atomic mass is 10.1. The van der Waals surface area contributed by atoms with Crippen LogP contribution in [0.3, 0.4) is 0 Å². The Morgan fingerprint density at radius 1 is 1.35 bits per heavy atom. The van der Waals surface area contributed by atoms with Gasteiger partial charge in [-0.3, -0.25) is 0 Å². The number of nitrogens with one attached hydrogen (secondary N) is 2. The summed E-state index contributed by atoms with van der Waals surface area (Å²) in [6.45, 7) is 3.16. The van der Waals surface area contributed by atoms with Crippen LogP contribution in [0.25, 0.3) is 0 Å². The number of carboxylic acid groups (broad SMARTS) is 1. The van der Waals surface area contributed by atoms with Gasteiger partial charge < -0.3 is 15.7 Å². The molecule has 20 heavy (non-hydrogen) atoms. The van der Waals surface area contributed by atoms with Gasteiger partial charge >= 0.3 is 12.0 Å². The van der Waals surface area contributed by atoms with Crippen molar-refractivity contribution >= 4 is 12.0 Å². The molecule has 0 bridgehead atoms. The molecule has 108 valence electrons. The molecule has 0 heterocycles. The Bertz CT molecular complexity index is 498. The van der Waals surface area contributed by atoms with Crippen LogP contribution >= 0.6 is 0 Å². The third kappa shape index (κ3) is 4.26. The van der Waals surface area contributed by atoms with Gasteiger partial charge in [0.2, 0.25) is 0 Å². The SMILES string of the molecule is CC(CNC(=O)NCc1cccc(C(=O)O)c1)C1CC1. The monoisotopic (exact) mass is 276 g/mol. The van der Waals surface area contributed by atoms with Crippen molar-refractivity contribution in [1.29, 1.82) is 0 Å². The molecule has 1 saturated carbocycles. The summed E-state index contributed by atoms with van der Waals surface area (Å²) in [6.07, 6.45) is 2.54. The fraction of sp³-hybridized carbons (Fsp3) is 0.467. The summed E-state index contributed by atoms with van der Waals surface area (Å²) < 4.78 is 0. The predicted molar refractivity (Wildman–Crippen MR) is 75.5 cm³/mol. The van der Waals surface area contributed by atoms with Gasteiger partial charge in [-0.1, -0.05) is 19.1 Å². The zero-order chi connectivity index (χ0) is 14.5. The number of amides is 2. The van der Waals surface area contributed by atoms with Gasteiger partial charge in [-0.2, -0.15) is 0 Å². The normalized spacial score (nSPS) is 15.4. The molecule has 1 aromatic rings. The first-order chi connectivity index (χ1) is 9.56. The molecule has 0 aliphatic heterocycles. The topological polar surface area (TPSA) is 78.4 Å². The fourth-order valence-corrected chi connectivity index (χ4v) is 2.14. The van der Waals surface area contributed by atoms with E-state index in [9.17, 15) is 9.59 Å². The first-order valence-electron chi connectivity index (χ1n) is 6.90. The van der Waals surface area contributed by atoms with Crippen molar-refractivity contribution in [3.63, 3.8) is 0 Å². The zero-order valence-corrected chi connectivity index (χ0v) is 11.6. The van der Waals surface area contributed by atoms with E-state index in [1.165, 1.54) is 18.9 Å². The molecule has 1 aliphatic rings. The largest absolute Gasteiger partial charge is 0.478 e. The van der Waals surface area contributed by atoms with Crippen molar-refractivity contribution < 1.29 is 14.7 Å². The van der Waals surface area contributed by atoms with Gasteiger partial charge in [-0.25, -0.2) is 9.59 Å². The van der Waals surface area contributed by atoms with E-state index in [0.29, 0.717) is 19.0 Å². The number of hydrogen-bond donors (Lipinski definition) is 3. The highest BCUT2D eigenvalue weighted by molar-refractivity contribution is 5.87. The summed E-state index contributed by atoms with van der Waals surface area (Å²) in [4.78, 5) is 22.5. The summed E-state index contributed by atoms with van der Waals surface area (Å²) >= 11 is 0. The van der Waals surface area contributed by atoms with E-state index < -0.39 is 5.97 Å². The summed E-state index contributed by atoms with van der Waals surface area (Å²) in [7, 11) is 0. The van der Waals surface area contributed by atoms with E-state index in [1.807, 2.05) is 0 Å². The number of carbonyl (C=O) groups is 2. The van der Waals surface area contributed by atoms with E-state index in [2.05, 4.69) is 17.6 Å². The molecule has 1 atom stereocenters. The van der Waals surface area contributed by atoms with Crippen LogP contribution in [0, 0.1) is 11.8 Å². The van der Waals surface area contributed by atoms with E-state index >= 15 is 0 Å². The average molecular weight is 276 g/mol. The second-order valence-electron chi connectivity index (χ2n) is 5.38. The van der Waals surface area contributed by atoms with Gasteiger partial charge in [-0.15, -0.1) is 0 Å². The van der Waals surface area contributed by atoms with E-state index in [4.69, 9.17) is 5.11 Å². The Morgan fingerprint density at radius 2 is 2.10 bits per heavy atom. The maximum Gasteiger partial charge on any atom is 0.335 e. The Kier molecular flexibility index (Phi) is 4.61. The molecule has 2 amide bonds. The van der Waals surface area contributed by atoms with Gasteiger partial charge in [0.05, 0.1) is 5.56 Å². The first-order valence-corrected chi connectivity index (χ1v) is 6.90. The molecule has 5 nitrogen and oxygen atoms in total. The molecule has 1 aromatic carbocycles. The van der Waals surface area contributed by atoms with Crippen LogP contribution in [0.4, 0.5) is 4.79 Å². The van der Waals surface area contributed by atoms with Crippen LogP contribution in [0.5, 0.6) is 0 Å². The Morgan fingerprint density at radius 3 is 2.75 bits per heavy atom. The Hall–Kier alpha value is -2.04. The number of hydrogen-bond acceptors (Lipinski definition) is 2. The lowest BCUT2D eigenvalue weighted by Gasteiger charge is -2.12. The fourth-order valence-electron chi connectivity index (χ4n) is 2.14. The molecular weight excluding hydrogens is 256 g/mol. The molecule has 0 saturated heterocycles. The van der Waals surface area contributed by atoms with Crippen molar-refractivity contribution in [2.75, 3.05) is 6.54 Å². The molecule has 5 heteroatoms. The summed E-state index contributed by atoms with van der Waals surface area (Å²) in [5.41, 5.74) is 1.00. The first kappa shape index (κ1) is 14.4. The number of aromatic carboxylic acids is 1. The Balaban J connectivity index is 1.74. The highest BCUT2D eigenvalue weighted by Crippen LogP contribution is 2.35. The third-order valence-corrected chi connectivity index (χ3v) is 3.64. The Labute approximate surface area is 118 Å². The number of rotatable bonds is 6. The van der Waals surface area contributed by atoms with Gasteiger partial charge in [0, 0.05) is 13.1 Å². The zero-order valence-electron chi connectivity index (χ0n) is 11.6. The molecule has 1 aliphatic carbocycles. The lowest BCUT2D eigenvalue weighted by Crippen LogP contribution is -2.37. The number of carboxylic acids is 1. The number of carbonyl (C=O) groups excluding carboxylic acids is 1. The van der Waals surface area contributed by atoms with Crippen LogP contribution in [-0.2, 0) is 6.54 Å². The number of benzene rings is 1. The van der Waals surface area contributed by atoms with Crippen LogP contribution in [0.15, 0.2) is 24.3 Å². The predicted octanol–water partition coefficient (Wildman–Crippen LogP) is 2.23. The quantitative estimate of drug-likeness (QED) is 0.745. The third-order valence-electron chi connectivity index (χ3n) is 3.64. The van der Waals surface area contributed by atoms with E-state index in [-0.39, 0.29) is 11.6 Å². The van der Waals surface area contributed by atoms with Gasteiger partial charge in [-0.05, 0) is 42.4 Å². The van der Waals surface area contributed by atoms with Crippen molar-refractivity contribution in [2.24, 2.45) is 11.8 Å². The van der Waals surface area contributed by atoms with Crippen molar-refractivity contribution in [1.82, 2.24) is 10.6 Å². The minimum Gasteiger partial charge on any atom is -0.478 e. The van der Waals surface area contributed by atoms with E-state index in [0.717, 1.165) is 11.5 Å². The lowest BCUT2D eigenvalue weighted by molar-refractivity contribution is 0.0696. The summed E-state index contributed by atoms with van der Waals surface area (Å²) in [5, 5.41) is 14.5. The highest BCUT2D eigenvalue weighted by Gasteiger charge is 2.27. The van der Waals surface area contributed by atoms with Crippen LogP contribution in [0.1, 0.15) is 35.7 Å². The second kappa shape index (κ2) is 6.41. The maximum absolute atomic E-state index is 11.6. The molecular formula is C15H20N2O3. The number of urea groups is 1. The van der Waals surface area contributed by atoms with Gasteiger partial charge in [0.15, 0.2) is 0 Å². The smallest absolute Gasteiger partial charge is 0.335 e. The van der Waals surface area contributed by atoms with E-state index in [1.54, 1.807) is 18.2 Å². The molecule has 1 fully saturated rings. The molecule has 1 unspecified atom stereocenters. The summed E-state index contributed by atoms with van der Waals surface area (Å²) in [6, 6.07) is 6.35. The van der Waals surface area contributed by atoms with Gasteiger partial charge in [0.1, 0.15) is 0 Å². The van der Waals surface area contributed by atoms with Crippen LogP contribution in [0.2, 0.25) is 0 Å². The van der Waals surface area contributed by atoms with Crippen LogP contribution in [-0.4, -0.2) is 23.7 Å². The summed E-state index contributed by atoms with van der Waals surface area (Å²) in [5.74, 6) is 0.327. The highest BCUT2D eigenvalue weighted by atomic mass is 16.4. The molecule has 0 spiro atoms. The second-order valence-corrected chi connectivity index (χ2v) is 5.38. The maximum atomic E-state index is 11.6. The molecule has 3 N–H and O–H groups in total. The average Bonchev–Trinajstić information content (AvgIpc) is 3.27. The van der Waals surface area contributed by atoms with Crippen molar-refractivity contribution in [3.05, 3.63) is 35.4 Å². The minimum absolute atomic E-state index is 0.210. The van der Waals surface area contributed by atoms with Crippen LogP contribution < -0.4 is 10.6 Å².